The highest BCUT2D eigenvalue weighted by molar-refractivity contribution is 7.91. The Balaban J connectivity index is 2.51. The van der Waals surface area contributed by atoms with Crippen molar-refractivity contribution in [3.8, 4) is 0 Å². The fraction of sp³-hybridized carbons (Fsp3) is 0.571. The largest absolute Gasteiger partial charge is 0.314 e. The topological polar surface area (TPSA) is 46.2 Å². The molecule has 0 aromatic heterocycles. The van der Waals surface area contributed by atoms with Crippen molar-refractivity contribution in [3.05, 3.63) is 29.3 Å². The second-order valence-electron chi connectivity index (χ2n) is 4.75. The molecular formula is C14H22ClNO2S. The maximum Gasteiger partial charge on any atom is 0.179 e. The molecule has 1 rings (SSSR count). The summed E-state index contributed by atoms with van der Waals surface area (Å²) in [4.78, 5) is 0.242. The molecule has 0 spiro atoms. The van der Waals surface area contributed by atoms with E-state index in [-0.39, 0.29) is 10.6 Å². The number of hydrogen-bond donors (Lipinski definition) is 1. The number of nitrogens with one attached hydrogen (secondary N) is 1. The zero-order valence-corrected chi connectivity index (χ0v) is 13.1. The van der Waals surface area contributed by atoms with Crippen molar-refractivity contribution in [2.75, 3.05) is 12.3 Å². The van der Waals surface area contributed by atoms with Crippen molar-refractivity contribution in [2.45, 2.75) is 44.0 Å². The molecule has 0 heterocycles. The molecule has 3 nitrogen and oxygen atoms in total. The van der Waals surface area contributed by atoms with Crippen molar-refractivity contribution in [1.29, 1.82) is 0 Å². The first-order valence-electron chi connectivity index (χ1n) is 6.68. The first-order chi connectivity index (χ1) is 8.97. The second-order valence-corrected chi connectivity index (χ2v) is 7.23. The lowest BCUT2D eigenvalue weighted by atomic mass is 10.2. The Morgan fingerprint density at radius 2 is 2.00 bits per heavy atom. The van der Waals surface area contributed by atoms with Crippen LogP contribution in [0.5, 0.6) is 0 Å². The first kappa shape index (κ1) is 16.5. The maximum atomic E-state index is 12.1. The van der Waals surface area contributed by atoms with E-state index < -0.39 is 9.84 Å². The minimum atomic E-state index is -3.27. The average Bonchev–Trinajstić information content (AvgIpc) is 2.36. The predicted octanol–water partition coefficient (Wildman–Crippen LogP) is 3.28. The van der Waals surface area contributed by atoms with Gasteiger partial charge in [0.25, 0.3) is 0 Å². The highest BCUT2D eigenvalue weighted by Crippen LogP contribution is 2.22. The molecule has 0 aliphatic carbocycles. The third-order valence-electron chi connectivity index (χ3n) is 2.96. The molecule has 1 aromatic carbocycles. The fourth-order valence-electron chi connectivity index (χ4n) is 1.88. The van der Waals surface area contributed by atoms with Gasteiger partial charge in [-0.2, -0.15) is 0 Å². The molecule has 108 valence electrons. The summed E-state index contributed by atoms with van der Waals surface area (Å²) in [5.41, 5.74) is 0. The zero-order chi connectivity index (χ0) is 14.3. The van der Waals surface area contributed by atoms with E-state index in [1.165, 1.54) is 0 Å². The molecule has 0 aliphatic rings. The zero-order valence-electron chi connectivity index (χ0n) is 11.5. The van der Waals surface area contributed by atoms with Crippen molar-refractivity contribution in [2.24, 2.45) is 0 Å². The summed E-state index contributed by atoms with van der Waals surface area (Å²) in [7, 11) is -3.27. The lowest BCUT2D eigenvalue weighted by molar-refractivity contribution is 0.506. The summed E-state index contributed by atoms with van der Waals surface area (Å²) >= 11 is 5.93. The fourth-order valence-corrected chi connectivity index (χ4v) is 3.79. The number of rotatable bonds is 8. The van der Waals surface area contributed by atoms with E-state index in [1.807, 2.05) is 0 Å². The van der Waals surface area contributed by atoms with Gasteiger partial charge in [0.1, 0.15) is 0 Å². The molecule has 19 heavy (non-hydrogen) atoms. The van der Waals surface area contributed by atoms with Crippen LogP contribution in [0.1, 0.15) is 33.1 Å². The molecule has 5 heteroatoms. The van der Waals surface area contributed by atoms with Gasteiger partial charge in [-0.1, -0.05) is 30.7 Å². The lowest BCUT2D eigenvalue weighted by Gasteiger charge is -2.13. The molecule has 1 aromatic rings. The quantitative estimate of drug-likeness (QED) is 0.801. The van der Waals surface area contributed by atoms with Crippen molar-refractivity contribution in [1.82, 2.24) is 5.32 Å². The van der Waals surface area contributed by atoms with Crippen molar-refractivity contribution >= 4 is 21.4 Å². The van der Waals surface area contributed by atoms with Crippen LogP contribution in [0.3, 0.4) is 0 Å². The normalized spacial score (nSPS) is 13.4. The maximum absolute atomic E-state index is 12.1. The van der Waals surface area contributed by atoms with Gasteiger partial charge in [0, 0.05) is 6.04 Å². The number of halogens is 1. The van der Waals surface area contributed by atoms with Gasteiger partial charge in [0.15, 0.2) is 9.84 Å². The molecule has 0 saturated heterocycles. The standard InChI is InChI=1S/C14H22ClNO2S/c1-3-10-16-12(2)7-6-11-19(17,18)14-9-5-4-8-13(14)15/h4-5,8-9,12,16H,3,6-7,10-11H2,1-2H3. The van der Waals surface area contributed by atoms with E-state index in [4.69, 9.17) is 11.6 Å². The molecule has 0 amide bonds. The molecule has 0 saturated carbocycles. The van der Waals surface area contributed by atoms with Crippen LogP contribution in [0.4, 0.5) is 0 Å². The molecule has 0 bridgehead atoms. The Morgan fingerprint density at radius 3 is 2.63 bits per heavy atom. The van der Waals surface area contributed by atoms with Gasteiger partial charge < -0.3 is 5.32 Å². The van der Waals surface area contributed by atoms with Gasteiger partial charge in [-0.25, -0.2) is 8.42 Å². The number of hydrogen-bond acceptors (Lipinski definition) is 3. The first-order valence-corrected chi connectivity index (χ1v) is 8.71. The van der Waals surface area contributed by atoms with Gasteiger partial charge in [0.05, 0.1) is 15.7 Å². The summed E-state index contributed by atoms with van der Waals surface area (Å²) in [5, 5.41) is 3.65. The number of benzene rings is 1. The smallest absolute Gasteiger partial charge is 0.179 e. The molecule has 0 aliphatic heterocycles. The minimum absolute atomic E-state index is 0.148. The third-order valence-corrected chi connectivity index (χ3v) is 5.26. The Bertz CT molecular complexity index is 488. The SMILES string of the molecule is CCCNC(C)CCCS(=O)(=O)c1ccccc1Cl. The van der Waals surface area contributed by atoms with Crippen LogP contribution < -0.4 is 5.32 Å². The van der Waals surface area contributed by atoms with E-state index in [1.54, 1.807) is 24.3 Å². The average molecular weight is 304 g/mol. The Labute approximate surface area is 121 Å². The van der Waals surface area contributed by atoms with Crippen molar-refractivity contribution < 1.29 is 8.42 Å². The third kappa shape index (κ3) is 5.51. The Morgan fingerprint density at radius 1 is 1.32 bits per heavy atom. The highest BCUT2D eigenvalue weighted by Gasteiger charge is 2.17. The van der Waals surface area contributed by atoms with Crippen LogP contribution in [-0.4, -0.2) is 26.8 Å². The van der Waals surface area contributed by atoms with E-state index in [9.17, 15) is 8.42 Å². The summed E-state index contributed by atoms with van der Waals surface area (Å²) in [6.45, 7) is 5.16. The van der Waals surface area contributed by atoms with E-state index in [0.717, 1.165) is 19.4 Å². The highest BCUT2D eigenvalue weighted by atomic mass is 35.5. The minimum Gasteiger partial charge on any atom is -0.314 e. The summed E-state index contributed by atoms with van der Waals surface area (Å²) in [6.07, 6.45) is 2.58. The van der Waals surface area contributed by atoms with Gasteiger partial charge in [-0.05, 0) is 44.9 Å². The lowest BCUT2D eigenvalue weighted by Crippen LogP contribution is -2.27. The van der Waals surface area contributed by atoms with E-state index in [2.05, 4.69) is 19.2 Å². The molecule has 1 N–H and O–H groups in total. The second kappa shape index (κ2) is 7.88. The van der Waals surface area contributed by atoms with Crippen LogP contribution in [0.15, 0.2) is 29.2 Å². The Hall–Kier alpha value is -0.580. The van der Waals surface area contributed by atoms with Crippen LogP contribution in [0, 0.1) is 0 Å². The van der Waals surface area contributed by atoms with Crippen molar-refractivity contribution in [3.63, 3.8) is 0 Å². The van der Waals surface area contributed by atoms with Gasteiger partial charge in [0.2, 0.25) is 0 Å². The summed E-state index contributed by atoms with van der Waals surface area (Å²) in [6, 6.07) is 6.96. The summed E-state index contributed by atoms with van der Waals surface area (Å²) < 4.78 is 24.3. The molecule has 1 unspecified atom stereocenters. The molecule has 0 radical (unpaired) electrons. The van der Waals surface area contributed by atoms with E-state index >= 15 is 0 Å². The molecule has 1 atom stereocenters. The van der Waals surface area contributed by atoms with Crippen LogP contribution >= 0.6 is 11.6 Å². The van der Waals surface area contributed by atoms with Gasteiger partial charge >= 0.3 is 0 Å². The van der Waals surface area contributed by atoms with Gasteiger partial charge in [-0.15, -0.1) is 0 Å². The summed E-state index contributed by atoms with van der Waals surface area (Å²) in [5.74, 6) is 0.148. The van der Waals surface area contributed by atoms with Crippen LogP contribution in [0.2, 0.25) is 5.02 Å². The monoisotopic (exact) mass is 303 g/mol. The van der Waals surface area contributed by atoms with Gasteiger partial charge in [-0.3, -0.25) is 0 Å². The molecule has 0 fully saturated rings. The predicted molar refractivity (Wildman–Crippen MR) is 80.5 cm³/mol. The number of sulfone groups is 1. The molecular weight excluding hydrogens is 282 g/mol. The van der Waals surface area contributed by atoms with E-state index in [0.29, 0.717) is 17.5 Å². The van der Waals surface area contributed by atoms with Crippen LogP contribution in [-0.2, 0) is 9.84 Å². The Kier molecular flexibility index (Phi) is 6.83. The van der Waals surface area contributed by atoms with Crippen LogP contribution in [0.25, 0.3) is 0 Å².